The van der Waals surface area contributed by atoms with Crippen LogP contribution in [0.2, 0.25) is 0 Å². The molecule has 2 aliphatic rings. The molecule has 1 aliphatic carbocycles. The molecule has 1 heterocycles. The molecule has 2 rings (SSSR count). The number of carboxylic acid groups (broad SMARTS) is 1. The summed E-state index contributed by atoms with van der Waals surface area (Å²) in [4.78, 5) is 12.0. The number of rotatable bonds is 6. The number of carboxylic acids is 1. The van der Waals surface area contributed by atoms with Crippen molar-refractivity contribution in [1.82, 2.24) is 0 Å². The Morgan fingerprint density at radius 1 is 1.21 bits per heavy atom. The van der Waals surface area contributed by atoms with Crippen LogP contribution >= 0.6 is 0 Å². The summed E-state index contributed by atoms with van der Waals surface area (Å²) in [5.41, 5.74) is -1.98. The molecule has 0 aromatic rings. The summed E-state index contributed by atoms with van der Waals surface area (Å²) in [6, 6.07) is 0. The van der Waals surface area contributed by atoms with Gasteiger partial charge in [-0.1, -0.05) is 26.7 Å². The SMILES string of the molecule is CCCC1(CCC)O[C@]2(CO)CCC[C@@]1(C(=O)O)C2. The van der Waals surface area contributed by atoms with E-state index in [1.54, 1.807) is 0 Å². The number of hydrogen-bond acceptors (Lipinski definition) is 3. The van der Waals surface area contributed by atoms with Crippen molar-refractivity contribution in [2.75, 3.05) is 6.61 Å². The van der Waals surface area contributed by atoms with Gasteiger partial charge in [-0.3, -0.25) is 4.79 Å². The number of aliphatic hydroxyl groups excluding tert-OH is 1. The molecule has 19 heavy (non-hydrogen) atoms. The van der Waals surface area contributed by atoms with Crippen molar-refractivity contribution in [3.05, 3.63) is 0 Å². The fourth-order valence-corrected chi connectivity index (χ4v) is 4.49. The van der Waals surface area contributed by atoms with Gasteiger partial charge in [0.05, 0.1) is 23.2 Å². The summed E-state index contributed by atoms with van der Waals surface area (Å²) in [5.74, 6) is -0.732. The van der Waals surface area contributed by atoms with Gasteiger partial charge in [-0.05, 0) is 38.5 Å². The molecule has 0 unspecified atom stereocenters. The second-order valence-electron chi connectivity index (χ2n) is 6.36. The van der Waals surface area contributed by atoms with Gasteiger partial charge in [-0.25, -0.2) is 0 Å². The molecule has 4 heteroatoms. The van der Waals surface area contributed by atoms with Crippen LogP contribution in [-0.4, -0.2) is 34.0 Å². The van der Waals surface area contributed by atoms with Gasteiger partial charge in [0.25, 0.3) is 0 Å². The molecule has 1 saturated carbocycles. The molecule has 4 nitrogen and oxygen atoms in total. The van der Waals surface area contributed by atoms with Crippen molar-refractivity contribution in [2.45, 2.75) is 76.4 Å². The average Bonchev–Trinajstić information content (AvgIpc) is 2.57. The van der Waals surface area contributed by atoms with E-state index in [4.69, 9.17) is 4.74 Å². The third-order valence-electron chi connectivity index (χ3n) is 5.15. The van der Waals surface area contributed by atoms with Crippen LogP contribution < -0.4 is 0 Å². The van der Waals surface area contributed by atoms with Crippen molar-refractivity contribution < 1.29 is 19.7 Å². The predicted molar refractivity (Wildman–Crippen MR) is 72.0 cm³/mol. The third-order valence-corrected chi connectivity index (χ3v) is 5.15. The zero-order valence-corrected chi connectivity index (χ0v) is 12.1. The van der Waals surface area contributed by atoms with Crippen LogP contribution in [0.25, 0.3) is 0 Å². The maximum absolute atomic E-state index is 12.0. The van der Waals surface area contributed by atoms with E-state index in [2.05, 4.69) is 13.8 Å². The zero-order valence-electron chi connectivity index (χ0n) is 12.1. The second-order valence-corrected chi connectivity index (χ2v) is 6.36. The van der Waals surface area contributed by atoms with E-state index in [9.17, 15) is 15.0 Å². The van der Waals surface area contributed by atoms with Crippen LogP contribution in [0, 0.1) is 5.41 Å². The lowest BCUT2D eigenvalue weighted by molar-refractivity contribution is -0.171. The fraction of sp³-hybridized carbons (Fsp3) is 0.933. The van der Waals surface area contributed by atoms with Crippen LogP contribution in [0.3, 0.4) is 0 Å². The van der Waals surface area contributed by atoms with E-state index in [-0.39, 0.29) is 6.61 Å². The van der Waals surface area contributed by atoms with Crippen LogP contribution in [0.4, 0.5) is 0 Å². The third kappa shape index (κ3) is 2.00. The minimum absolute atomic E-state index is 0.0583. The average molecular weight is 270 g/mol. The normalized spacial score (nSPS) is 36.4. The summed E-state index contributed by atoms with van der Waals surface area (Å²) in [7, 11) is 0. The number of carbonyl (C=O) groups is 1. The monoisotopic (exact) mass is 270 g/mol. The molecule has 2 atom stereocenters. The highest BCUT2D eigenvalue weighted by atomic mass is 16.5. The lowest BCUT2D eigenvalue weighted by atomic mass is 9.60. The first-order valence-electron chi connectivity index (χ1n) is 7.54. The number of fused-ring (bicyclic) bond motifs is 2. The Balaban J connectivity index is 2.47. The van der Waals surface area contributed by atoms with Crippen LogP contribution in [0.5, 0.6) is 0 Å². The summed E-state index contributed by atoms with van der Waals surface area (Å²) >= 11 is 0. The zero-order chi connectivity index (χ0) is 14.1. The summed E-state index contributed by atoms with van der Waals surface area (Å²) < 4.78 is 6.32. The molecule has 2 bridgehead atoms. The maximum atomic E-state index is 12.0. The highest BCUT2D eigenvalue weighted by Gasteiger charge is 2.68. The molecule has 2 fully saturated rings. The van der Waals surface area contributed by atoms with Crippen molar-refractivity contribution in [2.24, 2.45) is 5.41 Å². The molecule has 0 aromatic heterocycles. The van der Waals surface area contributed by atoms with Crippen molar-refractivity contribution in [3.63, 3.8) is 0 Å². The minimum Gasteiger partial charge on any atom is -0.481 e. The Morgan fingerprint density at radius 3 is 2.32 bits per heavy atom. The van der Waals surface area contributed by atoms with Crippen molar-refractivity contribution in [3.8, 4) is 0 Å². The highest BCUT2D eigenvalue weighted by Crippen LogP contribution is 2.62. The molecule has 0 aromatic carbocycles. The Kier molecular flexibility index (Phi) is 3.94. The lowest BCUT2D eigenvalue weighted by Crippen LogP contribution is -2.50. The largest absolute Gasteiger partial charge is 0.481 e. The fourth-order valence-electron chi connectivity index (χ4n) is 4.49. The van der Waals surface area contributed by atoms with E-state index >= 15 is 0 Å². The first kappa shape index (κ1) is 14.8. The number of hydrogen-bond donors (Lipinski definition) is 2. The first-order chi connectivity index (χ1) is 9.00. The number of ether oxygens (including phenoxy) is 1. The van der Waals surface area contributed by atoms with Gasteiger partial charge in [-0.15, -0.1) is 0 Å². The Bertz CT molecular complexity index is 348. The van der Waals surface area contributed by atoms with E-state index in [1.807, 2.05) is 0 Å². The first-order valence-corrected chi connectivity index (χ1v) is 7.54. The molecule has 110 valence electrons. The Hall–Kier alpha value is -0.610. The molecular weight excluding hydrogens is 244 g/mol. The van der Waals surface area contributed by atoms with E-state index < -0.39 is 22.6 Å². The molecule has 1 saturated heterocycles. The van der Waals surface area contributed by atoms with E-state index in [0.717, 1.165) is 38.5 Å². The van der Waals surface area contributed by atoms with Gasteiger partial charge >= 0.3 is 5.97 Å². The maximum Gasteiger partial charge on any atom is 0.312 e. The van der Waals surface area contributed by atoms with Gasteiger partial charge in [0.2, 0.25) is 0 Å². The highest BCUT2D eigenvalue weighted by molar-refractivity contribution is 5.77. The van der Waals surface area contributed by atoms with E-state index in [1.165, 1.54) is 0 Å². The molecule has 2 N–H and O–H groups in total. The van der Waals surface area contributed by atoms with Gasteiger partial charge in [0, 0.05) is 0 Å². The van der Waals surface area contributed by atoms with Crippen LogP contribution in [0.1, 0.15) is 65.2 Å². The molecule has 0 spiro atoms. The molecule has 0 amide bonds. The van der Waals surface area contributed by atoms with Crippen LogP contribution in [0.15, 0.2) is 0 Å². The Morgan fingerprint density at radius 2 is 1.84 bits per heavy atom. The van der Waals surface area contributed by atoms with Gasteiger partial charge in [0.1, 0.15) is 0 Å². The molecule has 0 radical (unpaired) electrons. The van der Waals surface area contributed by atoms with E-state index in [0.29, 0.717) is 12.8 Å². The lowest BCUT2D eigenvalue weighted by Gasteiger charge is -2.41. The molecular formula is C15H26O4. The van der Waals surface area contributed by atoms with Gasteiger partial charge in [-0.2, -0.15) is 0 Å². The summed E-state index contributed by atoms with van der Waals surface area (Å²) in [6.45, 7) is 4.09. The summed E-state index contributed by atoms with van der Waals surface area (Å²) in [6.07, 6.45) is 6.16. The number of aliphatic carboxylic acids is 1. The van der Waals surface area contributed by atoms with Crippen molar-refractivity contribution >= 4 is 5.97 Å². The quantitative estimate of drug-likeness (QED) is 0.778. The smallest absolute Gasteiger partial charge is 0.312 e. The van der Waals surface area contributed by atoms with Crippen LogP contribution in [-0.2, 0) is 9.53 Å². The predicted octanol–water partition coefficient (Wildman–Crippen LogP) is 2.73. The number of aliphatic hydroxyl groups is 1. The van der Waals surface area contributed by atoms with Gasteiger partial charge < -0.3 is 14.9 Å². The minimum atomic E-state index is -0.792. The van der Waals surface area contributed by atoms with Crippen molar-refractivity contribution in [1.29, 1.82) is 0 Å². The second kappa shape index (κ2) is 5.06. The van der Waals surface area contributed by atoms with Gasteiger partial charge in [0.15, 0.2) is 0 Å². The molecule has 1 aliphatic heterocycles. The topological polar surface area (TPSA) is 66.8 Å². The Labute approximate surface area is 115 Å². The summed E-state index contributed by atoms with van der Waals surface area (Å²) in [5, 5.41) is 19.6. The standard InChI is InChI=1S/C15H26O4/c1-3-6-15(7-4-2)14(12(17)18)9-5-8-13(10-14,11-16)19-15/h16H,3-11H2,1-2H3,(H,17,18)/t13-,14+/m1/s1.